The molecule has 1 fully saturated rings. The molecule has 1 heterocycles. The lowest BCUT2D eigenvalue weighted by Crippen LogP contribution is -2.36. The Morgan fingerprint density at radius 2 is 1.79 bits per heavy atom. The number of nitrogens with one attached hydrogen (secondary N) is 1. The van der Waals surface area contributed by atoms with E-state index in [0.29, 0.717) is 59.2 Å². The fraction of sp³-hybridized carbons (Fsp3) is 0.864. The van der Waals surface area contributed by atoms with Gasteiger partial charge in [0.05, 0.1) is 44.9 Å². The molecule has 0 aromatic heterocycles. The molecule has 192 valence electrons. The molecule has 2 unspecified atom stereocenters. The number of imide groups is 1. The van der Waals surface area contributed by atoms with Gasteiger partial charge < -0.3 is 29.0 Å². The van der Waals surface area contributed by atoms with Gasteiger partial charge in [-0.3, -0.25) is 19.3 Å². The van der Waals surface area contributed by atoms with Gasteiger partial charge in [-0.2, -0.15) is 0 Å². The second kappa shape index (κ2) is 19.1. The van der Waals surface area contributed by atoms with Gasteiger partial charge in [-0.15, -0.1) is 11.8 Å². The van der Waals surface area contributed by atoms with E-state index in [-0.39, 0.29) is 48.5 Å². The summed E-state index contributed by atoms with van der Waals surface area (Å²) in [6.45, 7) is 5.81. The van der Waals surface area contributed by atoms with Crippen LogP contribution in [-0.2, 0) is 38.1 Å². The molecule has 1 aliphatic heterocycles. The van der Waals surface area contributed by atoms with Crippen molar-refractivity contribution in [3.63, 3.8) is 0 Å². The number of amides is 3. The van der Waals surface area contributed by atoms with E-state index in [1.165, 1.54) is 16.7 Å². The highest BCUT2D eigenvalue weighted by Gasteiger charge is 2.38. The Morgan fingerprint density at radius 1 is 1.09 bits per heavy atom. The summed E-state index contributed by atoms with van der Waals surface area (Å²) in [5, 5.41) is 2.50. The predicted molar refractivity (Wildman–Crippen MR) is 125 cm³/mol. The number of rotatable bonds is 21. The van der Waals surface area contributed by atoms with Crippen molar-refractivity contribution in [3.05, 3.63) is 0 Å². The molecule has 1 aliphatic rings. The third-order valence-electron chi connectivity index (χ3n) is 4.76. The van der Waals surface area contributed by atoms with E-state index in [1.807, 2.05) is 6.92 Å². The van der Waals surface area contributed by atoms with Gasteiger partial charge in [0.2, 0.25) is 17.7 Å². The van der Waals surface area contributed by atoms with E-state index in [0.717, 1.165) is 12.2 Å². The molecule has 3 amide bonds. The van der Waals surface area contributed by atoms with Crippen molar-refractivity contribution in [1.82, 2.24) is 10.2 Å². The zero-order chi connectivity index (χ0) is 24.3. The maximum absolute atomic E-state index is 12.3. The van der Waals surface area contributed by atoms with Crippen LogP contribution < -0.4 is 5.32 Å². The highest BCUT2D eigenvalue weighted by Crippen LogP contribution is 2.25. The largest absolute Gasteiger partial charge is 0.382 e. The maximum Gasteiger partial charge on any atom is 0.242 e. The fourth-order valence-electron chi connectivity index (χ4n) is 3.00. The zero-order valence-electron chi connectivity index (χ0n) is 20.2. The van der Waals surface area contributed by atoms with Crippen LogP contribution in [0.5, 0.6) is 0 Å². The van der Waals surface area contributed by atoms with Crippen LogP contribution in [0.15, 0.2) is 0 Å². The van der Waals surface area contributed by atoms with Crippen molar-refractivity contribution in [2.45, 2.75) is 44.0 Å². The lowest BCUT2D eigenvalue weighted by Gasteiger charge is -2.18. The van der Waals surface area contributed by atoms with Crippen LogP contribution in [0.2, 0.25) is 0 Å². The summed E-state index contributed by atoms with van der Waals surface area (Å²) in [6, 6.07) is 0. The number of hydrogen-bond donors (Lipinski definition) is 1. The van der Waals surface area contributed by atoms with Gasteiger partial charge in [-0.1, -0.05) is 6.92 Å². The lowest BCUT2D eigenvalue weighted by molar-refractivity contribution is -0.138. The van der Waals surface area contributed by atoms with Crippen LogP contribution in [0.3, 0.4) is 0 Å². The molecule has 33 heavy (non-hydrogen) atoms. The highest BCUT2D eigenvalue weighted by atomic mass is 32.2. The average molecular weight is 493 g/mol. The third-order valence-corrected chi connectivity index (χ3v) is 6.17. The van der Waals surface area contributed by atoms with Gasteiger partial charge in [0.25, 0.3) is 0 Å². The van der Waals surface area contributed by atoms with Gasteiger partial charge in [0.1, 0.15) is 6.10 Å². The van der Waals surface area contributed by atoms with Crippen LogP contribution in [0, 0.1) is 0 Å². The minimum atomic E-state index is -0.301. The summed E-state index contributed by atoms with van der Waals surface area (Å²) in [6.07, 6.45) is 1.73. The van der Waals surface area contributed by atoms with E-state index >= 15 is 0 Å². The maximum atomic E-state index is 12.3. The molecule has 0 spiro atoms. The molecule has 0 radical (unpaired) electrons. The zero-order valence-corrected chi connectivity index (χ0v) is 21.0. The molecule has 11 heteroatoms. The number of carbonyl (C=O) groups is 3. The molecular formula is C22H40N2O8S. The number of likely N-dealkylation sites (tertiary alicyclic amines) is 1. The van der Waals surface area contributed by atoms with Gasteiger partial charge in [0.15, 0.2) is 0 Å². The van der Waals surface area contributed by atoms with Crippen molar-refractivity contribution in [2.75, 3.05) is 79.3 Å². The molecular weight excluding hydrogens is 452 g/mol. The number of methoxy groups -OCH3 is 2. The molecule has 0 aliphatic carbocycles. The van der Waals surface area contributed by atoms with Crippen molar-refractivity contribution in [2.24, 2.45) is 0 Å². The molecule has 1 rings (SSSR count). The third kappa shape index (κ3) is 13.3. The molecule has 1 saturated heterocycles. The Morgan fingerprint density at radius 3 is 2.48 bits per heavy atom. The molecule has 0 aromatic rings. The first-order valence-corrected chi connectivity index (χ1v) is 12.6. The SMILES string of the molecule is CCCSC1CC(=O)N(CCC(=O)NCCCOCC(COCCOC)OCCOC)C1=O. The van der Waals surface area contributed by atoms with Crippen LogP contribution >= 0.6 is 11.8 Å². The Balaban J connectivity index is 2.16. The Bertz CT molecular complexity index is 567. The quantitative estimate of drug-likeness (QED) is 0.184. The number of hydrogen-bond acceptors (Lipinski definition) is 9. The van der Waals surface area contributed by atoms with Crippen LogP contribution in [0.25, 0.3) is 0 Å². The molecule has 10 nitrogen and oxygen atoms in total. The predicted octanol–water partition coefficient (Wildman–Crippen LogP) is 0.865. The lowest BCUT2D eigenvalue weighted by atomic mass is 10.3. The Kier molecular flexibility index (Phi) is 17.2. The number of thioether (sulfide) groups is 1. The molecule has 1 N–H and O–H groups in total. The average Bonchev–Trinajstić information content (AvgIpc) is 3.07. The van der Waals surface area contributed by atoms with Crippen molar-refractivity contribution < 1.29 is 38.1 Å². The van der Waals surface area contributed by atoms with E-state index in [2.05, 4.69) is 5.32 Å². The first-order chi connectivity index (χ1) is 16.0. The van der Waals surface area contributed by atoms with Gasteiger partial charge in [-0.05, 0) is 18.6 Å². The van der Waals surface area contributed by atoms with Gasteiger partial charge in [0, 0.05) is 46.8 Å². The van der Waals surface area contributed by atoms with Crippen molar-refractivity contribution >= 4 is 29.5 Å². The summed E-state index contributed by atoms with van der Waals surface area (Å²) in [7, 11) is 3.23. The normalized spacial score (nSPS) is 17.1. The van der Waals surface area contributed by atoms with E-state index in [9.17, 15) is 14.4 Å². The van der Waals surface area contributed by atoms with Crippen LogP contribution in [0.1, 0.15) is 32.6 Å². The van der Waals surface area contributed by atoms with Gasteiger partial charge >= 0.3 is 0 Å². The standard InChI is InChI=1S/C22H40N2O8S/c1-4-14-33-19-15-21(26)24(22(19)27)8-6-20(25)23-7-5-9-30-16-18(32-13-11-29-3)17-31-12-10-28-2/h18-19H,4-17H2,1-3H3,(H,23,25). The highest BCUT2D eigenvalue weighted by molar-refractivity contribution is 8.00. The first-order valence-electron chi connectivity index (χ1n) is 11.5. The molecule has 0 bridgehead atoms. The number of nitrogens with zero attached hydrogens (tertiary/aromatic N) is 1. The van der Waals surface area contributed by atoms with E-state index < -0.39 is 0 Å². The minimum absolute atomic E-state index is 0.109. The summed E-state index contributed by atoms with van der Waals surface area (Å²) in [5.41, 5.74) is 0. The molecule has 0 aromatic carbocycles. The van der Waals surface area contributed by atoms with Crippen molar-refractivity contribution in [1.29, 1.82) is 0 Å². The summed E-state index contributed by atoms with van der Waals surface area (Å²) in [4.78, 5) is 37.6. The monoisotopic (exact) mass is 492 g/mol. The molecule has 0 saturated carbocycles. The minimum Gasteiger partial charge on any atom is -0.382 e. The summed E-state index contributed by atoms with van der Waals surface area (Å²) < 4.78 is 26.8. The summed E-state index contributed by atoms with van der Waals surface area (Å²) >= 11 is 1.51. The first kappa shape index (κ1) is 29.8. The van der Waals surface area contributed by atoms with Gasteiger partial charge in [-0.25, -0.2) is 0 Å². The molecule has 2 atom stereocenters. The fourth-order valence-corrected chi connectivity index (χ4v) is 4.05. The Labute approximate surface area is 201 Å². The number of carbonyl (C=O) groups excluding carboxylic acids is 3. The Hall–Kier alpha value is -1.24. The second-order valence-corrected chi connectivity index (χ2v) is 8.84. The van der Waals surface area contributed by atoms with Crippen LogP contribution in [-0.4, -0.2) is 113 Å². The summed E-state index contributed by atoms with van der Waals surface area (Å²) in [5.74, 6) is 0.296. The van der Waals surface area contributed by atoms with Crippen molar-refractivity contribution in [3.8, 4) is 0 Å². The van der Waals surface area contributed by atoms with E-state index in [1.54, 1.807) is 14.2 Å². The number of ether oxygens (including phenoxy) is 5. The van der Waals surface area contributed by atoms with Crippen LogP contribution in [0.4, 0.5) is 0 Å². The second-order valence-electron chi connectivity index (χ2n) is 7.53. The van der Waals surface area contributed by atoms with E-state index in [4.69, 9.17) is 23.7 Å². The topological polar surface area (TPSA) is 113 Å². The smallest absolute Gasteiger partial charge is 0.242 e.